The molecule has 1 fully saturated rings. The van der Waals surface area contributed by atoms with E-state index in [1.54, 1.807) is 24.3 Å². The fourth-order valence-corrected chi connectivity index (χ4v) is 3.74. The van der Waals surface area contributed by atoms with Gasteiger partial charge in [-0.15, -0.1) is 6.58 Å². The molecular weight excluding hydrogens is 334 g/mol. The van der Waals surface area contributed by atoms with Crippen LogP contribution in [0.15, 0.2) is 35.6 Å². The van der Waals surface area contributed by atoms with Gasteiger partial charge < -0.3 is 10.3 Å². The Bertz CT molecular complexity index is 928. The molecular formula is C19H23N3O2S. The van der Waals surface area contributed by atoms with Crippen molar-refractivity contribution in [2.24, 2.45) is 5.92 Å². The van der Waals surface area contributed by atoms with E-state index in [1.807, 2.05) is 0 Å². The third-order valence-electron chi connectivity index (χ3n) is 4.98. The topological polar surface area (TPSA) is 66.9 Å². The predicted octanol–water partition coefficient (Wildman–Crippen LogP) is 3.55. The molecule has 0 aliphatic heterocycles. The first-order valence-corrected chi connectivity index (χ1v) is 9.10. The Labute approximate surface area is 151 Å². The number of aromatic nitrogens is 2. The van der Waals surface area contributed by atoms with Gasteiger partial charge in [0.15, 0.2) is 4.77 Å². The van der Waals surface area contributed by atoms with E-state index < -0.39 is 0 Å². The molecule has 1 saturated carbocycles. The van der Waals surface area contributed by atoms with E-state index in [2.05, 4.69) is 23.8 Å². The lowest BCUT2D eigenvalue weighted by Crippen LogP contribution is -2.41. The number of aromatic amines is 1. The van der Waals surface area contributed by atoms with Gasteiger partial charge in [-0.05, 0) is 49.2 Å². The van der Waals surface area contributed by atoms with Gasteiger partial charge >= 0.3 is 0 Å². The van der Waals surface area contributed by atoms with Crippen molar-refractivity contribution in [1.82, 2.24) is 14.9 Å². The number of carbonyl (C=O) groups is 1. The monoisotopic (exact) mass is 357 g/mol. The number of allylic oxidation sites excluding steroid dienone is 1. The Morgan fingerprint density at radius 1 is 1.44 bits per heavy atom. The van der Waals surface area contributed by atoms with Crippen LogP contribution in [0, 0.1) is 10.7 Å². The lowest BCUT2D eigenvalue weighted by molar-refractivity contribution is 0.0910. The summed E-state index contributed by atoms with van der Waals surface area (Å²) >= 11 is 5.25. The Morgan fingerprint density at radius 3 is 2.92 bits per heavy atom. The van der Waals surface area contributed by atoms with Crippen LogP contribution in [0.1, 0.15) is 43.0 Å². The molecule has 1 heterocycles. The van der Waals surface area contributed by atoms with Gasteiger partial charge in [0.1, 0.15) is 0 Å². The molecule has 2 atom stereocenters. The second kappa shape index (κ2) is 7.35. The molecule has 1 aliphatic rings. The van der Waals surface area contributed by atoms with Crippen LogP contribution in [0.5, 0.6) is 0 Å². The molecule has 1 aromatic heterocycles. The maximum absolute atomic E-state index is 12.6. The van der Waals surface area contributed by atoms with E-state index in [1.165, 1.54) is 11.0 Å². The molecule has 0 spiro atoms. The van der Waals surface area contributed by atoms with Gasteiger partial charge in [0.25, 0.3) is 11.5 Å². The number of H-pyrrole nitrogens is 1. The molecule has 3 rings (SSSR count). The summed E-state index contributed by atoms with van der Waals surface area (Å²) in [6.07, 6.45) is 6.19. The van der Waals surface area contributed by atoms with Gasteiger partial charge in [-0.25, -0.2) is 0 Å². The molecule has 1 amide bonds. The highest BCUT2D eigenvalue weighted by Gasteiger charge is 2.23. The number of nitrogens with one attached hydrogen (secondary N) is 2. The first-order chi connectivity index (χ1) is 12.0. The highest BCUT2D eigenvalue weighted by atomic mass is 32.1. The van der Waals surface area contributed by atoms with Crippen LogP contribution in [-0.2, 0) is 6.54 Å². The molecule has 0 saturated heterocycles. The van der Waals surface area contributed by atoms with Gasteiger partial charge in [0.2, 0.25) is 0 Å². The molecule has 1 aromatic carbocycles. The standard InChI is InChI=1S/C19H23N3O2S/c1-3-10-22-18(24)14-9-8-13(11-16(14)21-19(22)25)17(23)20-15-7-5-4-6-12(15)2/h3,8-9,11-12,15H,1,4-7,10H2,2H3,(H,20,23)(H,21,25). The summed E-state index contributed by atoms with van der Waals surface area (Å²) < 4.78 is 1.78. The van der Waals surface area contributed by atoms with Crippen molar-refractivity contribution in [2.75, 3.05) is 0 Å². The van der Waals surface area contributed by atoms with Crippen molar-refractivity contribution >= 4 is 29.0 Å². The summed E-state index contributed by atoms with van der Waals surface area (Å²) in [5.74, 6) is 0.394. The molecule has 0 radical (unpaired) electrons. The highest BCUT2D eigenvalue weighted by molar-refractivity contribution is 7.71. The Balaban J connectivity index is 1.92. The van der Waals surface area contributed by atoms with E-state index in [0.717, 1.165) is 19.3 Å². The summed E-state index contributed by atoms with van der Waals surface area (Å²) in [6.45, 7) is 6.18. The summed E-state index contributed by atoms with van der Waals surface area (Å²) in [6, 6.07) is 5.30. The maximum Gasteiger partial charge on any atom is 0.262 e. The normalized spacial score (nSPS) is 20.4. The molecule has 2 unspecified atom stereocenters. The number of fused-ring (bicyclic) bond motifs is 1. The number of amides is 1. The Kier molecular flexibility index (Phi) is 5.18. The third-order valence-corrected chi connectivity index (χ3v) is 5.31. The second-order valence-electron chi connectivity index (χ2n) is 6.74. The van der Waals surface area contributed by atoms with Gasteiger partial charge in [0, 0.05) is 18.2 Å². The number of hydrogen-bond acceptors (Lipinski definition) is 3. The molecule has 132 valence electrons. The van der Waals surface area contributed by atoms with E-state index in [0.29, 0.717) is 33.7 Å². The zero-order valence-corrected chi connectivity index (χ0v) is 15.2. The molecule has 2 aromatic rings. The molecule has 25 heavy (non-hydrogen) atoms. The van der Waals surface area contributed by atoms with Crippen molar-refractivity contribution in [3.8, 4) is 0 Å². The molecule has 0 bridgehead atoms. The lowest BCUT2D eigenvalue weighted by Gasteiger charge is -2.29. The van der Waals surface area contributed by atoms with E-state index in [-0.39, 0.29) is 17.5 Å². The van der Waals surface area contributed by atoms with Gasteiger partial charge in [-0.1, -0.05) is 25.8 Å². The minimum Gasteiger partial charge on any atom is -0.349 e. The van der Waals surface area contributed by atoms with Crippen LogP contribution < -0.4 is 10.9 Å². The van der Waals surface area contributed by atoms with E-state index >= 15 is 0 Å². The number of carbonyl (C=O) groups excluding carboxylic acids is 1. The lowest BCUT2D eigenvalue weighted by atomic mass is 9.86. The van der Waals surface area contributed by atoms with Crippen molar-refractivity contribution in [1.29, 1.82) is 0 Å². The van der Waals surface area contributed by atoms with Crippen LogP contribution >= 0.6 is 12.2 Å². The van der Waals surface area contributed by atoms with Crippen LogP contribution in [0.3, 0.4) is 0 Å². The quantitative estimate of drug-likeness (QED) is 0.649. The van der Waals surface area contributed by atoms with Crippen LogP contribution in [0.25, 0.3) is 10.9 Å². The summed E-state index contributed by atoms with van der Waals surface area (Å²) in [5.41, 5.74) is 0.947. The highest BCUT2D eigenvalue weighted by Crippen LogP contribution is 2.24. The average Bonchev–Trinajstić information content (AvgIpc) is 2.60. The van der Waals surface area contributed by atoms with E-state index in [9.17, 15) is 9.59 Å². The summed E-state index contributed by atoms with van der Waals surface area (Å²) in [7, 11) is 0. The SMILES string of the molecule is C=CCn1c(=S)[nH]c2cc(C(=O)NC3CCCCC3C)ccc2c1=O. The van der Waals surface area contributed by atoms with Gasteiger partial charge in [-0.3, -0.25) is 14.2 Å². The van der Waals surface area contributed by atoms with Crippen molar-refractivity contribution in [3.63, 3.8) is 0 Å². The van der Waals surface area contributed by atoms with Crippen molar-refractivity contribution in [2.45, 2.75) is 45.2 Å². The zero-order chi connectivity index (χ0) is 18.0. The molecule has 1 aliphatic carbocycles. The van der Waals surface area contributed by atoms with E-state index in [4.69, 9.17) is 12.2 Å². The molecule has 2 N–H and O–H groups in total. The van der Waals surface area contributed by atoms with Crippen molar-refractivity contribution < 1.29 is 4.79 Å². The molecule has 5 nitrogen and oxygen atoms in total. The minimum atomic E-state index is -0.175. The number of benzene rings is 1. The van der Waals surface area contributed by atoms with Crippen LogP contribution in [0.4, 0.5) is 0 Å². The fraction of sp³-hybridized carbons (Fsp3) is 0.421. The van der Waals surface area contributed by atoms with Crippen molar-refractivity contribution in [3.05, 3.63) is 51.5 Å². The molecule has 6 heteroatoms. The van der Waals surface area contributed by atoms with Crippen LogP contribution in [0.2, 0.25) is 0 Å². The van der Waals surface area contributed by atoms with Gasteiger partial charge in [-0.2, -0.15) is 0 Å². The third kappa shape index (κ3) is 3.58. The first kappa shape index (κ1) is 17.6. The van der Waals surface area contributed by atoms with Gasteiger partial charge in [0.05, 0.1) is 10.9 Å². The maximum atomic E-state index is 12.6. The average molecular weight is 357 g/mol. The smallest absolute Gasteiger partial charge is 0.262 e. The Hall–Kier alpha value is -2.21. The number of nitrogens with zero attached hydrogens (tertiary/aromatic N) is 1. The summed E-state index contributed by atoms with van der Waals surface area (Å²) in [4.78, 5) is 28.1. The zero-order valence-electron chi connectivity index (χ0n) is 14.4. The number of rotatable bonds is 4. The summed E-state index contributed by atoms with van der Waals surface area (Å²) in [5, 5.41) is 3.65. The predicted molar refractivity (Wildman–Crippen MR) is 102 cm³/mol. The largest absolute Gasteiger partial charge is 0.349 e. The fourth-order valence-electron chi connectivity index (χ4n) is 3.47. The minimum absolute atomic E-state index is 0.102. The number of hydrogen-bond donors (Lipinski definition) is 2. The second-order valence-corrected chi connectivity index (χ2v) is 7.12. The first-order valence-electron chi connectivity index (χ1n) is 8.70. The Morgan fingerprint density at radius 2 is 2.20 bits per heavy atom. The van der Waals surface area contributed by atoms with Crippen LogP contribution in [-0.4, -0.2) is 21.5 Å².